The standard InChI is InChI=1S/C14H20F2N2O.ClH/c1-19-13-5-3-2-4-11(13)12(10-14(15)16)18-8-6-17-7-9-18;/h2-5,12,14,17H,6-10H2,1H3;1H/t12-;/m0./s1. The molecule has 0 aromatic heterocycles. The summed E-state index contributed by atoms with van der Waals surface area (Å²) in [5.41, 5.74) is 0.854. The first-order valence-corrected chi connectivity index (χ1v) is 6.58. The number of halogens is 3. The summed E-state index contributed by atoms with van der Waals surface area (Å²) in [6, 6.07) is 7.17. The van der Waals surface area contributed by atoms with Crippen LogP contribution in [-0.2, 0) is 0 Å². The first kappa shape index (κ1) is 17.1. The van der Waals surface area contributed by atoms with Gasteiger partial charge in [0.2, 0.25) is 6.43 Å². The molecule has 6 heteroatoms. The molecule has 1 heterocycles. The first-order valence-electron chi connectivity index (χ1n) is 6.58. The molecule has 0 spiro atoms. The fourth-order valence-corrected chi connectivity index (χ4v) is 2.58. The van der Waals surface area contributed by atoms with E-state index in [1.54, 1.807) is 7.11 Å². The molecule has 1 aromatic rings. The average Bonchev–Trinajstić information content (AvgIpc) is 2.45. The molecule has 1 aromatic carbocycles. The Morgan fingerprint density at radius 2 is 1.90 bits per heavy atom. The van der Waals surface area contributed by atoms with Crippen molar-refractivity contribution in [1.29, 1.82) is 0 Å². The van der Waals surface area contributed by atoms with E-state index in [1.165, 1.54) is 0 Å². The van der Waals surface area contributed by atoms with E-state index in [2.05, 4.69) is 10.2 Å². The van der Waals surface area contributed by atoms with Crippen LogP contribution in [0.2, 0.25) is 0 Å². The number of piperazine rings is 1. The molecule has 1 fully saturated rings. The van der Waals surface area contributed by atoms with E-state index < -0.39 is 6.43 Å². The molecular weight excluding hydrogens is 286 g/mol. The molecule has 1 aliphatic rings. The summed E-state index contributed by atoms with van der Waals surface area (Å²) in [6.45, 7) is 3.26. The lowest BCUT2D eigenvalue weighted by molar-refractivity contribution is 0.0729. The van der Waals surface area contributed by atoms with Gasteiger partial charge >= 0.3 is 0 Å². The van der Waals surface area contributed by atoms with Crippen molar-refractivity contribution in [2.45, 2.75) is 18.9 Å². The highest BCUT2D eigenvalue weighted by Gasteiger charge is 2.27. The van der Waals surface area contributed by atoms with Gasteiger partial charge in [0.25, 0.3) is 0 Å². The molecule has 1 atom stereocenters. The Hall–Kier alpha value is -0.910. The molecule has 0 bridgehead atoms. The molecule has 0 amide bonds. The topological polar surface area (TPSA) is 24.5 Å². The van der Waals surface area contributed by atoms with Crippen LogP contribution in [0.4, 0.5) is 8.78 Å². The molecule has 114 valence electrons. The van der Waals surface area contributed by atoms with Gasteiger partial charge in [-0.05, 0) is 6.07 Å². The number of nitrogens with one attached hydrogen (secondary N) is 1. The Bertz CT molecular complexity index is 401. The molecule has 0 saturated carbocycles. The van der Waals surface area contributed by atoms with Gasteiger partial charge in [-0.3, -0.25) is 4.90 Å². The van der Waals surface area contributed by atoms with Crippen LogP contribution in [0, 0.1) is 0 Å². The molecule has 1 aliphatic heterocycles. The summed E-state index contributed by atoms with van der Waals surface area (Å²) in [6.07, 6.45) is -2.47. The van der Waals surface area contributed by atoms with Crippen molar-refractivity contribution in [2.24, 2.45) is 0 Å². The fourth-order valence-electron chi connectivity index (χ4n) is 2.58. The van der Waals surface area contributed by atoms with Crippen LogP contribution >= 0.6 is 12.4 Å². The van der Waals surface area contributed by atoms with Gasteiger partial charge in [-0.25, -0.2) is 8.78 Å². The maximum Gasteiger partial charge on any atom is 0.240 e. The molecule has 0 aliphatic carbocycles. The third kappa shape index (κ3) is 4.30. The number of hydrogen-bond donors (Lipinski definition) is 1. The monoisotopic (exact) mass is 306 g/mol. The number of methoxy groups -OCH3 is 1. The number of nitrogens with zero attached hydrogens (tertiary/aromatic N) is 1. The van der Waals surface area contributed by atoms with Crippen LogP contribution in [-0.4, -0.2) is 44.6 Å². The molecule has 0 radical (unpaired) electrons. The van der Waals surface area contributed by atoms with Crippen LogP contribution in [0.3, 0.4) is 0 Å². The second-order valence-corrected chi connectivity index (χ2v) is 4.67. The van der Waals surface area contributed by atoms with Gasteiger partial charge in [0.15, 0.2) is 0 Å². The second-order valence-electron chi connectivity index (χ2n) is 4.67. The van der Waals surface area contributed by atoms with Gasteiger partial charge in [0.1, 0.15) is 5.75 Å². The highest BCUT2D eigenvalue weighted by atomic mass is 35.5. The Morgan fingerprint density at radius 3 is 2.50 bits per heavy atom. The van der Waals surface area contributed by atoms with E-state index >= 15 is 0 Å². The number of alkyl halides is 2. The highest BCUT2D eigenvalue weighted by Crippen LogP contribution is 2.33. The zero-order chi connectivity index (χ0) is 13.7. The van der Waals surface area contributed by atoms with E-state index in [1.807, 2.05) is 24.3 Å². The molecule has 0 unspecified atom stereocenters. The van der Waals surface area contributed by atoms with E-state index in [4.69, 9.17) is 4.74 Å². The Morgan fingerprint density at radius 1 is 1.25 bits per heavy atom. The van der Waals surface area contributed by atoms with E-state index in [-0.39, 0.29) is 24.9 Å². The minimum absolute atomic E-state index is 0. The Kier molecular flexibility index (Phi) is 7.19. The third-order valence-electron chi connectivity index (χ3n) is 3.49. The van der Waals surface area contributed by atoms with Crippen molar-refractivity contribution in [3.05, 3.63) is 29.8 Å². The molecular formula is C14H21ClF2N2O. The lowest BCUT2D eigenvalue weighted by Crippen LogP contribution is -2.45. The van der Waals surface area contributed by atoms with Crippen molar-refractivity contribution >= 4 is 12.4 Å². The van der Waals surface area contributed by atoms with E-state index in [0.29, 0.717) is 5.75 Å². The minimum atomic E-state index is -2.32. The van der Waals surface area contributed by atoms with E-state index in [0.717, 1.165) is 31.7 Å². The SMILES string of the molecule is COc1ccccc1[C@H](CC(F)F)N1CCNCC1.Cl. The number of rotatable bonds is 5. The normalized spacial score (nSPS) is 17.6. The van der Waals surface area contributed by atoms with E-state index in [9.17, 15) is 8.78 Å². The summed E-state index contributed by atoms with van der Waals surface area (Å²) >= 11 is 0. The molecule has 1 saturated heterocycles. The largest absolute Gasteiger partial charge is 0.496 e. The zero-order valence-electron chi connectivity index (χ0n) is 11.5. The molecule has 3 nitrogen and oxygen atoms in total. The predicted molar refractivity (Wildman–Crippen MR) is 78.0 cm³/mol. The zero-order valence-corrected chi connectivity index (χ0v) is 12.3. The first-order chi connectivity index (χ1) is 9.22. The maximum absolute atomic E-state index is 12.9. The second kappa shape index (κ2) is 8.39. The number of ether oxygens (including phenoxy) is 1. The van der Waals surface area contributed by atoms with Crippen molar-refractivity contribution in [3.63, 3.8) is 0 Å². The number of benzene rings is 1. The predicted octanol–water partition coefficient (Wildman–Crippen LogP) is 2.72. The Balaban J connectivity index is 0.00000200. The molecule has 1 N–H and O–H groups in total. The lowest BCUT2D eigenvalue weighted by Gasteiger charge is -2.35. The summed E-state index contributed by atoms with van der Waals surface area (Å²) < 4.78 is 31.1. The molecule has 2 rings (SSSR count). The van der Waals surface area contributed by atoms with Crippen molar-refractivity contribution in [3.8, 4) is 5.75 Å². The van der Waals surface area contributed by atoms with Gasteiger partial charge in [-0.2, -0.15) is 0 Å². The Labute approximate surface area is 124 Å². The van der Waals surface area contributed by atoms with Crippen molar-refractivity contribution in [1.82, 2.24) is 10.2 Å². The highest BCUT2D eigenvalue weighted by molar-refractivity contribution is 5.85. The quantitative estimate of drug-likeness (QED) is 0.905. The van der Waals surface area contributed by atoms with Crippen LogP contribution in [0.15, 0.2) is 24.3 Å². The number of hydrogen-bond acceptors (Lipinski definition) is 3. The van der Waals surface area contributed by atoms with Gasteiger partial charge in [-0.1, -0.05) is 18.2 Å². The van der Waals surface area contributed by atoms with Gasteiger partial charge in [0, 0.05) is 44.2 Å². The summed E-state index contributed by atoms with van der Waals surface area (Å²) in [7, 11) is 1.58. The fraction of sp³-hybridized carbons (Fsp3) is 0.571. The third-order valence-corrected chi connectivity index (χ3v) is 3.49. The number of para-hydroxylation sites is 1. The smallest absolute Gasteiger partial charge is 0.240 e. The summed E-state index contributed by atoms with van der Waals surface area (Å²) in [5.74, 6) is 0.687. The average molecular weight is 307 g/mol. The van der Waals surface area contributed by atoms with Crippen LogP contribution in [0.25, 0.3) is 0 Å². The van der Waals surface area contributed by atoms with Gasteiger partial charge < -0.3 is 10.1 Å². The van der Waals surface area contributed by atoms with Crippen LogP contribution in [0.5, 0.6) is 5.75 Å². The van der Waals surface area contributed by atoms with Crippen LogP contribution < -0.4 is 10.1 Å². The lowest BCUT2D eigenvalue weighted by atomic mass is 10.00. The van der Waals surface area contributed by atoms with Crippen molar-refractivity contribution in [2.75, 3.05) is 33.3 Å². The van der Waals surface area contributed by atoms with Crippen molar-refractivity contribution < 1.29 is 13.5 Å². The summed E-state index contributed by atoms with van der Waals surface area (Å²) in [4.78, 5) is 2.11. The van der Waals surface area contributed by atoms with Crippen LogP contribution in [0.1, 0.15) is 18.0 Å². The maximum atomic E-state index is 12.9. The summed E-state index contributed by atoms with van der Waals surface area (Å²) in [5, 5.41) is 3.24. The minimum Gasteiger partial charge on any atom is -0.496 e. The molecule has 20 heavy (non-hydrogen) atoms. The van der Waals surface area contributed by atoms with Gasteiger partial charge in [-0.15, -0.1) is 12.4 Å². The van der Waals surface area contributed by atoms with Gasteiger partial charge in [0.05, 0.1) is 7.11 Å².